The molecule has 5 rings (SSSR count). The first-order valence-corrected chi connectivity index (χ1v) is 12.0. The second kappa shape index (κ2) is 9.00. The average Bonchev–Trinajstić information content (AvgIpc) is 3.12. The normalized spacial score (nSPS) is 19.5. The van der Waals surface area contributed by atoms with Crippen molar-refractivity contribution in [3.05, 3.63) is 59.7 Å². The van der Waals surface area contributed by atoms with Crippen LogP contribution in [-0.2, 0) is 19.1 Å². The van der Waals surface area contributed by atoms with E-state index in [1.54, 1.807) is 0 Å². The van der Waals surface area contributed by atoms with E-state index in [2.05, 4.69) is 22.8 Å². The number of amides is 2. The average molecular weight is 479 g/mol. The van der Waals surface area contributed by atoms with Gasteiger partial charge in [-0.3, -0.25) is 4.79 Å². The maximum absolute atomic E-state index is 12.8. The Morgan fingerprint density at radius 3 is 2.14 bits per heavy atom. The summed E-state index contributed by atoms with van der Waals surface area (Å²) in [6.07, 6.45) is 2.32. The Hall–Kier alpha value is -3.39. The van der Waals surface area contributed by atoms with Gasteiger partial charge in [0.1, 0.15) is 12.1 Å². The Morgan fingerprint density at radius 1 is 1.03 bits per heavy atom. The van der Waals surface area contributed by atoms with Gasteiger partial charge in [-0.2, -0.15) is 0 Å². The summed E-state index contributed by atoms with van der Waals surface area (Å²) in [5.74, 6) is -1.65. The number of aliphatic carboxylic acids is 1. The Kier molecular flexibility index (Phi) is 6.01. The summed E-state index contributed by atoms with van der Waals surface area (Å²) in [6.45, 7) is 0.0355. The third kappa shape index (κ3) is 4.16. The lowest BCUT2D eigenvalue weighted by Crippen LogP contribution is -2.69. The van der Waals surface area contributed by atoms with Gasteiger partial charge in [-0.15, -0.1) is 0 Å². The van der Waals surface area contributed by atoms with E-state index in [0.717, 1.165) is 41.5 Å². The highest BCUT2D eigenvalue weighted by Crippen LogP contribution is 2.60. The van der Waals surface area contributed by atoms with Gasteiger partial charge in [-0.1, -0.05) is 55.0 Å². The van der Waals surface area contributed by atoms with E-state index in [1.807, 2.05) is 36.4 Å². The predicted molar refractivity (Wildman–Crippen MR) is 128 cm³/mol. The van der Waals surface area contributed by atoms with Crippen LogP contribution >= 0.6 is 0 Å². The molecule has 0 aliphatic heterocycles. The fourth-order valence-electron chi connectivity index (χ4n) is 5.98. The minimum atomic E-state index is -1.25. The predicted octanol–water partition coefficient (Wildman–Crippen LogP) is 3.44. The van der Waals surface area contributed by atoms with Crippen LogP contribution in [0.4, 0.5) is 4.79 Å². The molecule has 35 heavy (non-hydrogen) atoms. The molecule has 3 aliphatic rings. The first-order valence-electron chi connectivity index (χ1n) is 12.0. The first kappa shape index (κ1) is 23.4. The summed E-state index contributed by atoms with van der Waals surface area (Å²) in [5, 5.41) is 15.0. The fourth-order valence-corrected chi connectivity index (χ4v) is 5.98. The number of methoxy groups -OCH3 is 1. The number of fused-ring (bicyclic) bond motifs is 3. The molecular weight excluding hydrogens is 448 g/mol. The maximum atomic E-state index is 12.8. The van der Waals surface area contributed by atoms with E-state index in [9.17, 15) is 19.5 Å². The van der Waals surface area contributed by atoms with Gasteiger partial charge in [0, 0.05) is 13.0 Å². The number of carbonyl (C=O) groups is 3. The van der Waals surface area contributed by atoms with Gasteiger partial charge in [-0.25, -0.2) is 9.59 Å². The molecule has 0 heterocycles. The number of benzene rings is 2. The second-order valence-corrected chi connectivity index (χ2v) is 10.0. The van der Waals surface area contributed by atoms with Crippen LogP contribution in [0.1, 0.15) is 49.1 Å². The number of carboxylic acids is 1. The third-order valence-electron chi connectivity index (χ3n) is 7.89. The zero-order chi connectivity index (χ0) is 24.6. The summed E-state index contributed by atoms with van der Waals surface area (Å²) in [5.41, 5.74) is 3.31. The van der Waals surface area contributed by atoms with E-state index in [1.165, 1.54) is 7.11 Å². The standard InChI is InChI=1S/C27H30N2O6/c1-34-22(23(30)29-27(24(31)32)15-26(16-27)11-6-12-26)13-28-25(33)35-14-21-19-9-4-2-7-17(19)18-8-3-5-10-20(18)21/h2-5,7-10,21-22H,6,11-16H2,1H3,(H,28,33)(H,29,30)(H,31,32). The maximum Gasteiger partial charge on any atom is 0.407 e. The number of nitrogens with one attached hydrogen (secondary N) is 2. The molecular formula is C27H30N2O6. The summed E-state index contributed by atoms with van der Waals surface area (Å²) < 4.78 is 10.7. The minimum absolute atomic E-state index is 0.0633. The van der Waals surface area contributed by atoms with E-state index in [-0.39, 0.29) is 24.5 Å². The minimum Gasteiger partial charge on any atom is -0.480 e. The molecule has 0 aromatic heterocycles. The van der Waals surface area contributed by atoms with Crippen LogP contribution in [0, 0.1) is 5.41 Å². The van der Waals surface area contributed by atoms with Crippen LogP contribution in [0.15, 0.2) is 48.5 Å². The molecule has 3 aliphatic carbocycles. The van der Waals surface area contributed by atoms with Crippen LogP contribution < -0.4 is 10.6 Å². The van der Waals surface area contributed by atoms with Gasteiger partial charge < -0.3 is 25.2 Å². The van der Waals surface area contributed by atoms with Crippen molar-refractivity contribution in [1.29, 1.82) is 0 Å². The number of rotatable bonds is 8. The Balaban J connectivity index is 1.15. The van der Waals surface area contributed by atoms with Gasteiger partial charge in [-0.05, 0) is 53.4 Å². The molecule has 0 saturated heterocycles. The van der Waals surface area contributed by atoms with Gasteiger partial charge in [0.05, 0.1) is 6.54 Å². The number of carboxylic acid groups (broad SMARTS) is 1. The van der Waals surface area contributed by atoms with Gasteiger partial charge in [0.15, 0.2) is 6.10 Å². The second-order valence-electron chi connectivity index (χ2n) is 10.0. The van der Waals surface area contributed by atoms with Gasteiger partial charge >= 0.3 is 12.1 Å². The van der Waals surface area contributed by atoms with Crippen molar-refractivity contribution in [2.75, 3.05) is 20.3 Å². The van der Waals surface area contributed by atoms with Crippen LogP contribution in [-0.4, -0.2) is 55.0 Å². The molecule has 3 N–H and O–H groups in total. The highest BCUT2D eigenvalue weighted by Gasteiger charge is 2.62. The van der Waals surface area contributed by atoms with Crippen LogP contribution in [0.5, 0.6) is 0 Å². The molecule has 8 heteroatoms. The number of hydrogen-bond acceptors (Lipinski definition) is 5. The Labute approximate surface area is 204 Å². The monoisotopic (exact) mass is 478 g/mol. The lowest BCUT2D eigenvalue weighted by molar-refractivity contribution is -0.167. The summed E-state index contributed by atoms with van der Waals surface area (Å²) in [6, 6.07) is 16.1. The summed E-state index contributed by atoms with van der Waals surface area (Å²) >= 11 is 0. The van der Waals surface area contributed by atoms with Crippen molar-refractivity contribution < 1.29 is 29.0 Å². The number of ether oxygens (including phenoxy) is 2. The molecule has 8 nitrogen and oxygen atoms in total. The fraction of sp³-hybridized carbons (Fsp3) is 0.444. The molecule has 0 radical (unpaired) electrons. The van der Waals surface area contributed by atoms with E-state index >= 15 is 0 Å². The highest BCUT2D eigenvalue weighted by molar-refractivity contribution is 5.90. The van der Waals surface area contributed by atoms with Crippen molar-refractivity contribution in [2.24, 2.45) is 5.41 Å². The molecule has 184 valence electrons. The van der Waals surface area contributed by atoms with E-state index in [0.29, 0.717) is 12.8 Å². The SMILES string of the molecule is COC(CNC(=O)OCC1c2ccccc2-c2ccccc21)C(=O)NC1(C(=O)O)CC2(CCC2)C1. The topological polar surface area (TPSA) is 114 Å². The van der Waals surface area contributed by atoms with Crippen molar-refractivity contribution in [3.8, 4) is 11.1 Å². The first-order chi connectivity index (χ1) is 16.9. The van der Waals surface area contributed by atoms with Crippen LogP contribution in [0.25, 0.3) is 11.1 Å². The Morgan fingerprint density at radius 2 is 1.63 bits per heavy atom. The largest absolute Gasteiger partial charge is 0.480 e. The van der Waals surface area contributed by atoms with Crippen LogP contribution in [0.3, 0.4) is 0 Å². The Bertz CT molecular complexity index is 1100. The molecule has 2 fully saturated rings. The molecule has 1 spiro atoms. The highest BCUT2D eigenvalue weighted by atomic mass is 16.5. The van der Waals surface area contributed by atoms with Crippen molar-refractivity contribution in [3.63, 3.8) is 0 Å². The number of carbonyl (C=O) groups excluding carboxylic acids is 2. The van der Waals surface area contributed by atoms with Gasteiger partial charge in [0.2, 0.25) is 0 Å². The molecule has 2 aromatic carbocycles. The zero-order valence-electron chi connectivity index (χ0n) is 19.7. The molecule has 1 atom stereocenters. The smallest absolute Gasteiger partial charge is 0.407 e. The number of alkyl carbamates (subject to hydrolysis) is 1. The molecule has 2 amide bonds. The van der Waals surface area contributed by atoms with E-state index < -0.39 is 29.6 Å². The van der Waals surface area contributed by atoms with Crippen molar-refractivity contribution in [2.45, 2.75) is 49.7 Å². The quantitative estimate of drug-likeness (QED) is 0.536. The van der Waals surface area contributed by atoms with Gasteiger partial charge in [0.25, 0.3) is 5.91 Å². The number of hydrogen-bond donors (Lipinski definition) is 3. The molecule has 0 bridgehead atoms. The lowest BCUT2D eigenvalue weighted by atomic mass is 9.48. The summed E-state index contributed by atoms with van der Waals surface area (Å²) in [7, 11) is 1.35. The summed E-state index contributed by atoms with van der Waals surface area (Å²) in [4.78, 5) is 37.1. The lowest BCUT2D eigenvalue weighted by Gasteiger charge is -2.59. The van der Waals surface area contributed by atoms with Crippen molar-refractivity contribution in [1.82, 2.24) is 10.6 Å². The third-order valence-corrected chi connectivity index (χ3v) is 7.89. The van der Waals surface area contributed by atoms with E-state index in [4.69, 9.17) is 9.47 Å². The molecule has 2 saturated carbocycles. The zero-order valence-corrected chi connectivity index (χ0v) is 19.7. The molecule has 1 unspecified atom stereocenters. The van der Waals surface area contributed by atoms with Crippen LogP contribution in [0.2, 0.25) is 0 Å². The molecule has 2 aromatic rings. The van der Waals surface area contributed by atoms with Crippen molar-refractivity contribution >= 4 is 18.0 Å².